The van der Waals surface area contributed by atoms with E-state index in [1.807, 2.05) is 6.07 Å². The van der Waals surface area contributed by atoms with Gasteiger partial charge in [0, 0.05) is 0 Å². The number of aromatic carboxylic acids is 1. The lowest BCUT2D eigenvalue weighted by molar-refractivity contribution is -0.139. The average molecular weight is 461 g/mol. The van der Waals surface area contributed by atoms with Gasteiger partial charge in [0.25, 0.3) is 0 Å². The second-order valence-corrected chi connectivity index (χ2v) is 7.54. The van der Waals surface area contributed by atoms with E-state index in [4.69, 9.17) is 15.2 Å². The molecule has 3 N–H and O–H groups in total. The van der Waals surface area contributed by atoms with Crippen LogP contribution in [0.15, 0.2) is 65.1 Å². The Kier molecular flexibility index (Phi) is 6.73. The van der Waals surface area contributed by atoms with E-state index in [1.165, 1.54) is 6.07 Å². The Morgan fingerprint density at radius 3 is 2.18 bits per heavy atom. The summed E-state index contributed by atoms with van der Waals surface area (Å²) < 4.78 is 9.97. The maximum Gasteiger partial charge on any atom is 0.355 e. The summed E-state index contributed by atoms with van der Waals surface area (Å²) >= 11 is 0. The van der Waals surface area contributed by atoms with E-state index in [2.05, 4.69) is 0 Å². The molecule has 2 aromatic carbocycles. The standard InChI is InChI=1S/C25H23N3O6/c1-13-10-11-16(23(29)30)20(14(13)2)28-21(25(32)34-4)19(24(31)33-3)18(17(12-26)22(28)27)15-8-6-5-7-9-15/h5-11,18H,27H2,1-4H3,(H,29,30). The zero-order chi connectivity index (χ0) is 25.2. The van der Waals surface area contributed by atoms with E-state index in [9.17, 15) is 24.8 Å². The molecule has 174 valence electrons. The summed E-state index contributed by atoms with van der Waals surface area (Å²) in [6.45, 7) is 3.42. The summed E-state index contributed by atoms with van der Waals surface area (Å²) in [6, 6.07) is 13.6. The lowest BCUT2D eigenvalue weighted by Gasteiger charge is -2.37. The average Bonchev–Trinajstić information content (AvgIpc) is 2.84. The first-order valence-electron chi connectivity index (χ1n) is 10.2. The first-order valence-corrected chi connectivity index (χ1v) is 10.2. The molecule has 9 nitrogen and oxygen atoms in total. The van der Waals surface area contributed by atoms with Crippen molar-refractivity contribution in [2.45, 2.75) is 19.8 Å². The Balaban J connectivity index is 2.54. The van der Waals surface area contributed by atoms with Crippen LogP contribution in [0.25, 0.3) is 0 Å². The van der Waals surface area contributed by atoms with E-state index in [-0.39, 0.29) is 33.9 Å². The molecule has 0 radical (unpaired) electrons. The number of carbonyl (C=O) groups is 3. The van der Waals surface area contributed by atoms with Crippen molar-refractivity contribution < 1.29 is 29.0 Å². The molecule has 0 saturated carbocycles. The van der Waals surface area contributed by atoms with E-state index in [1.54, 1.807) is 50.2 Å². The number of aryl methyl sites for hydroxylation is 1. The fourth-order valence-corrected chi connectivity index (χ4v) is 4.01. The lowest BCUT2D eigenvalue weighted by atomic mass is 9.80. The van der Waals surface area contributed by atoms with Gasteiger partial charge in [-0.25, -0.2) is 14.4 Å². The van der Waals surface area contributed by atoms with Crippen LogP contribution < -0.4 is 10.6 Å². The quantitative estimate of drug-likeness (QED) is 0.642. The van der Waals surface area contributed by atoms with E-state index < -0.39 is 23.8 Å². The SMILES string of the molecule is COC(=O)C1=C(C(=O)OC)N(c2c(C(=O)O)ccc(C)c2C)C(N)=C(C#N)C1c1ccccc1. The van der Waals surface area contributed by atoms with Crippen LogP contribution in [-0.4, -0.2) is 37.2 Å². The fraction of sp³-hybridized carbons (Fsp3) is 0.200. The highest BCUT2D eigenvalue weighted by Gasteiger charge is 2.44. The molecule has 2 aromatic rings. The maximum atomic E-state index is 13.1. The Bertz CT molecular complexity index is 1290. The largest absolute Gasteiger partial charge is 0.478 e. The number of anilines is 1. The number of carboxylic acids is 1. The Labute approximate surface area is 196 Å². The van der Waals surface area contributed by atoms with Crippen molar-refractivity contribution in [3.05, 3.63) is 87.4 Å². The third-order valence-electron chi connectivity index (χ3n) is 5.77. The van der Waals surface area contributed by atoms with Crippen molar-refractivity contribution in [3.8, 4) is 6.07 Å². The zero-order valence-electron chi connectivity index (χ0n) is 19.1. The molecule has 0 saturated heterocycles. The summed E-state index contributed by atoms with van der Waals surface area (Å²) in [6.07, 6.45) is 0. The molecule has 1 heterocycles. The minimum absolute atomic E-state index is 0.0449. The smallest absolute Gasteiger partial charge is 0.355 e. The predicted molar refractivity (Wildman–Crippen MR) is 122 cm³/mol. The van der Waals surface area contributed by atoms with E-state index >= 15 is 0 Å². The lowest BCUT2D eigenvalue weighted by Crippen LogP contribution is -2.41. The molecule has 0 aliphatic carbocycles. The van der Waals surface area contributed by atoms with Gasteiger partial charge in [0.05, 0.1) is 48.6 Å². The van der Waals surface area contributed by atoms with Crippen LogP contribution in [0, 0.1) is 25.2 Å². The van der Waals surface area contributed by atoms with Gasteiger partial charge < -0.3 is 20.3 Å². The summed E-state index contributed by atoms with van der Waals surface area (Å²) in [5.41, 5.74) is 7.49. The van der Waals surface area contributed by atoms with Crippen LogP contribution in [0.1, 0.15) is 33.0 Å². The molecule has 0 aromatic heterocycles. The molecule has 1 aliphatic rings. The minimum Gasteiger partial charge on any atom is -0.478 e. The highest BCUT2D eigenvalue weighted by atomic mass is 16.5. The molecule has 1 unspecified atom stereocenters. The van der Waals surface area contributed by atoms with E-state index in [0.29, 0.717) is 16.7 Å². The molecule has 9 heteroatoms. The molecule has 0 bridgehead atoms. The molecule has 34 heavy (non-hydrogen) atoms. The summed E-state index contributed by atoms with van der Waals surface area (Å²) in [7, 11) is 2.27. The van der Waals surface area contributed by atoms with Crippen LogP contribution in [0.2, 0.25) is 0 Å². The Hall–Kier alpha value is -4.58. The molecule has 3 rings (SSSR count). The second-order valence-electron chi connectivity index (χ2n) is 7.54. The van der Waals surface area contributed by atoms with Gasteiger partial charge >= 0.3 is 17.9 Å². The van der Waals surface area contributed by atoms with Crippen LogP contribution >= 0.6 is 0 Å². The van der Waals surface area contributed by atoms with Gasteiger partial charge in [0.2, 0.25) is 0 Å². The van der Waals surface area contributed by atoms with Crippen molar-refractivity contribution >= 4 is 23.6 Å². The third kappa shape index (κ3) is 3.86. The molecule has 1 aliphatic heterocycles. The van der Waals surface area contributed by atoms with Crippen LogP contribution in [-0.2, 0) is 19.1 Å². The molecule has 0 fully saturated rings. The second kappa shape index (κ2) is 9.50. The van der Waals surface area contributed by atoms with Crippen LogP contribution in [0.3, 0.4) is 0 Å². The zero-order valence-corrected chi connectivity index (χ0v) is 19.1. The minimum atomic E-state index is -1.28. The molecular formula is C25H23N3O6. The Morgan fingerprint density at radius 1 is 1.03 bits per heavy atom. The van der Waals surface area contributed by atoms with Gasteiger partial charge in [-0.2, -0.15) is 5.26 Å². The number of hydrogen-bond acceptors (Lipinski definition) is 8. The first kappa shape index (κ1) is 24.1. The third-order valence-corrected chi connectivity index (χ3v) is 5.77. The number of benzene rings is 2. The summed E-state index contributed by atoms with van der Waals surface area (Å²) in [5.74, 6) is -4.35. The molecule has 1 atom stereocenters. The van der Waals surface area contributed by atoms with Gasteiger partial charge in [0.15, 0.2) is 0 Å². The maximum absolute atomic E-state index is 13.1. The van der Waals surface area contributed by atoms with Gasteiger partial charge in [-0.3, -0.25) is 4.90 Å². The van der Waals surface area contributed by atoms with Crippen molar-refractivity contribution in [1.29, 1.82) is 5.26 Å². The van der Waals surface area contributed by atoms with Gasteiger partial charge in [-0.15, -0.1) is 0 Å². The summed E-state index contributed by atoms with van der Waals surface area (Å²) in [4.78, 5) is 39.5. The number of ether oxygens (including phenoxy) is 2. The number of nitrogens with two attached hydrogens (primary N) is 1. The fourth-order valence-electron chi connectivity index (χ4n) is 4.01. The number of allylic oxidation sites excluding steroid dienone is 1. The van der Waals surface area contributed by atoms with Crippen molar-refractivity contribution in [3.63, 3.8) is 0 Å². The highest BCUT2D eigenvalue weighted by Crippen LogP contribution is 2.45. The molecular weight excluding hydrogens is 438 g/mol. The van der Waals surface area contributed by atoms with Crippen molar-refractivity contribution in [2.24, 2.45) is 5.73 Å². The molecule has 0 spiro atoms. The molecule has 0 amide bonds. The monoisotopic (exact) mass is 461 g/mol. The number of carboxylic acid groups (broad SMARTS) is 1. The number of rotatable bonds is 5. The van der Waals surface area contributed by atoms with Gasteiger partial charge in [-0.1, -0.05) is 36.4 Å². The first-order chi connectivity index (χ1) is 16.2. The highest BCUT2D eigenvalue weighted by molar-refractivity contribution is 6.08. The van der Waals surface area contributed by atoms with Gasteiger partial charge in [0.1, 0.15) is 11.5 Å². The topological polar surface area (TPSA) is 143 Å². The summed E-state index contributed by atoms with van der Waals surface area (Å²) in [5, 5.41) is 20.0. The number of nitriles is 1. The van der Waals surface area contributed by atoms with E-state index in [0.717, 1.165) is 19.1 Å². The number of carbonyl (C=O) groups excluding carboxylic acids is 2. The van der Waals surface area contributed by atoms with Crippen LogP contribution in [0.5, 0.6) is 0 Å². The normalized spacial score (nSPS) is 15.6. The van der Waals surface area contributed by atoms with Gasteiger partial charge in [-0.05, 0) is 36.6 Å². The number of esters is 2. The number of nitrogens with zero attached hydrogens (tertiary/aromatic N) is 2. The van der Waals surface area contributed by atoms with Crippen LogP contribution in [0.4, 0.5) is 5.69 Å². The van der Waals surface area contributed by atoms with Crippen molar-refractivity contribution in [1.82, 2.24) is 0 Å². The van der Waals surface area contributed by atoms with Crippen molar-refractivity contribution in [2.75, 3.05) is 19.1 Å². The number of hydrogen-bond donors (Lipinski definition) is 2. The predicted octanol–water partition coefficient (Wildman–Crippen LogP) is 2.90. The Morgan fingerprint density at radius 2 is 1.65 bits per heavy atom. The number of methoxy groups -OCH3 is 2.